The lowest BCUT2D eigenvalue weighted by atomic mass is 9.80. The molecule has 1 aromatic heterocycles. The van der Waals surface area contributed by atoms with E-state index in [1.54, 1.807) is 0 Å². The number of aliphatic hydroxyl groups is 2. The second kappa shape index (κ2) is 17.3. The minimum Gasteiger partial charge on any atom is -0.396 e. The van der Waals surface area contributed by atoms with E-state index in [0.717, 1.165) is 69.3 Å². The molecule has 5 heteroatoms. The molecule has 2 N–H and O–H groups in total. The SMILES string of the molecule is CCCc1ccc(-c2cc(C)c(-c3nc(C4=C(C)CC(c5ccc(CCO)cc5)C(C)=C4)nc(-c4cc(C)c(-c5ccc(CCO)cc5)cc4C)n3)cc2C)cc1. The van der Waals surface area contributed by atoms with Crippen LogP contribution < -0.4 is 0 Å². The van der Waals surface area contributed by atoms with Gasteiger partial charge in [-0.05, 0) is 146 Å². The molecular formula is C52H55N3O2. The van der Waals surface area contributed by atoms with Crippen molar-refractivity contribution in [2.24, 2.45) is 0 Å². The number of hydrogen-bond donors (Lipinski definition) is 2. The normalized spacial score (nSPS) is 14.3. The molecule has 0 bridgehead atoms. The van der Waals surface area contributed by atoms with E-state index in [9.17, 15) is 10.2 Å². The molecule has 0 spiro atoms. The molecular weight excluding hydrogens is 699 g/mol. The van der Waals surface area contributed by atoms with Crippen molar-refractivity contribution in [2.45, 2.75) is 86.5 Å². The van der Waals surface area contributed by atoms with Gasteiger partial charge in [-0.25, -0.2) is 15.0 Å². The number of aryl methyl sites for hydroxylation is 5. The largest absolute Gasteiger partial charge is 0.396 e. The van der Waals surface area contributed by atoms with Crippen molar-refractivity contribution in [1.29, 1.82) is 0 Å². The smallest absolute Gasteiger partial charge is 0.164 e. The van der Waals surface area contributed by atoms with Gasteiger partial charge in [0.2, 0.25) is 0 Å². The highest BCUT2D eigenvalue weighted by Crippen LogP contribution is 2.41. The minimum atomic E-state index is 0.143. The summed E-state index contributed by atoms with van der Waals surface area (Å²) in [6.07, 6.45) is 6.70. The van der Waals surface area contributed by atoms with E-state index in [1.807, 2.05) is 0 Å². The summed E-state index contributed by atoms with van der Waals surface area (Å²) in [7, 11) is 0. The molecule has 0 saturated heterocycles. The van der Waals surface area contributed by atoms with E-state index in [2.05, 4.69) is 152 Å². The molecule has 1 aliphatic carbocycles. The van der Waals surface area contributed by atoms with Crippen LogP contribution in [0.4, 0.5) is 0 Å². The zero-order chi connectivity index (χ0) is 40.2. The topological polar surface area (TPSA) is 79.1 Å². The standard InChI is InChI=1S/C52H55N3O2/c1-8-9-38-10-16-41(17-11-38)44-26-35(5)47(29-32(44)2)50-53-51(48-30-33(3)45(27-36(48)6)42-18-12-39(13-19-42)22-24-56)55-52(54-50)49-31-34(4)46(28-37(49)7)43-20-14-40(15-21-43)23-25-57/h10-21,26-27,29-31,46,56-57H,8-9,22-25,28H2,1-7H3. The van der Waals surface area contributed by atoms with Crippen LogP contribution in [0.5, 0.6) is 0 Å². The van der Waals surface area contributed by atoms with Crippen LogP contribution in [0.3, 0.4) is 0 Å². The number of nitrogens with zero attached hydrogens (tertiary/aromatic N) is 3. The Hall–Kier alpha value is -5.49. The fourth-order valence-corrected chi connectivity index (χ4v) is 8.30. The third kappa shape index (κ3) is 8.61. The van der Waals surface area contributed by atoms with Crippen LogP contribution >= 0.6 is 0 Å². The fraction of sp³-hybridized carbons (Fsp3) is 0.288. The Bertz CT molecular complexity index is 2330. The summed E-state index contributed by atoms with van der Waals surface area (Å²) in [5.74, 6) is 2.30. The van der Waals surface area contributed by atoms with Gasteiger partial charge in [0.05, 0.1) is 0 Å². The molecule has 0 fully saturated rings. The number of aliphatic hydroxyl groups excluding tert-OH is 2. The molecule has 7 rings (SSSR count). The van der Waals surface area contributed by atoms with Crippen LogP contribution in [0.2, 0.25) is 0 Å². The highest BCUT2D eigenvalue weighted by atomic mass is 16.3. The molecule has 1 heterocycles. The summed E-state index contributed by atoms with van der Waals surface area (Å²) in [5.41, 5.74) is 19.8. The molecule has 290 valence electrons. The lowest BCUT2D eigenvalue weighted by Gasteiger charge is -2.25. The second-order valence-electron chi connectivity index (χ2n) is 15.9. The first-order valence-electron chi connectivity index (χ1n) is 20.4. The maximum atomic E-state index is 9.42. The summed E-state index contributed by atoms with van der Waals surface area (Å²) in [6, 6.07) is 35.1. The van der Waals surface area contributed by atoms with Crippen molar-refractivity contribution in [3.8, 4) is 45.0 Å². The molecule has 6 aromatic rings. The third-order valence-electron chi connectivity index (χ3n) is 11.6. The Morgan fingerprint density at radius 1 is 0.509 bits per heavy atom. The quantitative estimate of drug-likeness (QED) is 0.130. The minimum absolute atomic E-state index is 0.143. The number of allylic oxidation sites excluding steroid dienone is 4. The zero-order valence-electron chi connectivity index (χ0n) is 34.6. The molecule has 5 nitrogen and oxygen atoms in total. The van der Waals surface area contributed by atoms with Crippen LogP contribution in [-0.4, -0.2) is 38.4 Å². The fourth-order valence-electron chi connectivity index (χ4n) is 8.30. The molecule has 1 atom stereocenters. The van der Waals surface area contributed by atoms with Crippen LogP contribution in [0, 0.1) is 27.7 Å². The predicted molar refractivity (Wildman–Crippen MR) is 236 cm³/mol. The van der Waals surface area contributed by atoms with Crippen LogP contribution in [0.1, 0.15) is 89.9 Å². The van der Waals surface area contributed by atoms with Crippen molar-refractivity contribution >= 4 is 5.57 Å². The lowest BCUT2D eigenvalue weighted by molar-refractivity contribution is 0.299. The van der Waals surface area contributed by atoms with Gasteiger partial charge in [0, 0.05) is 35.8 Å². The Morgan fingerprint density at radius 3 is 1.37 bits per heavy atom. The van der Waals surface area contributed by atoms with E-state index in [1.165, 1.54) is 44.5 Å². The van der Waals surface area contributed by atoms with E-state index in [-0.39, 0.29) is 19.1 Å². The van der Waals surface area contributed by atoms with E-state index >= 15 is 0 Å². The van der Waals surface area contributed by atoms with Gasteiger partial charge in [0.1, 0.15) is 0 Å². The number of hydrogen-bond acceptors (Lipinski definition) is 5. The molecule has 57 heavy (non-hydrogen) atoms. The zero-order valence-corrected chi connectivity index (χ0v) is 34.6. The third-order valence-corrected chi connectivity index (χ3v) is 11.6. The van der Waals surface area contributed by atoms with Gasteiger partial charge >= 0.3 is 0 Å². The summed E-state index contributed by atoms with van der Waals surface area (Å²) >= 11 is 0. The highest BCUT2D eigenvalue weighted by molar-refractivity contribution is 5.80. The molecule has 1 aliphatic rings. The van der Waals surface area contributed by atoms with E-state index in [0.29, 0.717) is 30.3 Å². The number of rotatable bonds is 12. The first-order valence-corrected chi connectivity index (χ1v) is 20.4. The van der Waals surface area contributed by atoms with Crippen LogP contribution in [0.25, 0.3) is 50.6 Å². The average molecular weight is 754 g/mol. The first kappa shape index (κ1) is 39.7. The summed E-state index contributed by atoms with van der Waals surface area (Å²) in [6.45, 7) is 15.6. The van der Waals surface area contributed by atoms with Gasteiger partial charge in [0.25, 0.3) is 0 Å². The first-order chi connectivity index (χ1) is 27.6. The number of benzene rings is 5. The molecule has 0 aliphatic heterocycles. The Morgan fingerprint density at radius 2 is 0.912 bits per heavy atom. The Kier molecular flexibility index (Phi) is 12.1. The van der Waals surface area contributed by atoms with Gasteiger partial charge in [-0.2, -0.15) is 0 Å². The van der Waals surface area contributed by atoms with E-state index < -0.39 is 0 Å². The van der Waals surface area contributed by atoms with Gasteiger partial charge in [-0.1, -0.05) is 115 Å². The average Bonchev–Trinajstić information content (AvgIpc) is 3.21. The van der Waals surface area contributed by atoms with Gasteiger partial charge in [-0.15, -0.1) is 0 Å². The van der Waals surface area contributed by atoms with Crippen LogP contribution in [-0.2, 0) is 19.3 Å². The molecule has 0 amide bonds. The summed E-state index contributed by atoms with van der Waals surface area (Å²) < 4.78 is 0. The maximum Gasteiger partial charge on any atom is 0.164 e. The molecule has 0 radical (unpaired) electrons. The highest BCUT2D eigenvalue weighted by Gasteiger charge is 2.25. The van der Waals surface area contributed by atoms with Crippen molar-refractivity contribution < 1.29 is 10.2 Å². The summed E-state index contributed by atoms with van der Waals surface area (Å²) in [4.78, 5) is 15.8. The van der Waals surface area contributed by atoms with E-state index in [4.69, 9.17) is 15.0 Å². The van der Waals surface area contributed by atoms with Gasteiger partial charge in [0.15, 0.2) is 17.5 Å². The maximum absolute atomic E-state index is 9.42. The van der Waals surface area contributed by atoms with Gasteiger partial charge < -0.3 is 10.2 Å². The molecule has 5 aromatic carbocycles. The predicted octanol–water partition coefficient (Wildman–Crippen LogP) is 11.7. The van der Waals surface area contributed by atoms with Crippen LogP contribution in [0.15, 0.2) is 114 Å². The molecule has 0 saturated carbocycles. The number of aromatic nitrogens is 3. The van der Waals surface area contributed by atoms with Crippen molar-refractivity contribution in [3.63, 3.8) is 0 Å². The van der Waals surface area contributed by atoms with Gasteiger partial charge in [-0.3, -0.25) is 0 Å². The Labute approximate surface area is 339 Å². The van der Waals surface area contributed by atoms with Crippen molar-refractivity contribution in [3.05, 3.63) is 165 Å². The molecule has 1 unspecified atom stereocenters. The van der Waals surface area contributed by atoms with Crippen molar-refractivity contribution in [1.82, 2.24) is 15.0 Å². The second-order valence-corrected chi connectivity index (χ2v) is 15.9. The Balaban J connectivity index is 1.32. The monoisotopic (exact) mass is 753 g/mol. The summed E-state index contributed by atoms with van der Waals surface area (Å²) in [5, 5.41) is 18.8. The lowest BCUT2D eigenvalue weighted by Crippen LogP contribution is -2.11. The van der Waals surface area contributed by atoms with Crippen molar-refractivity contribution in [2.75, 3.05) is 13.2 Å².